The largest absolute Gasteiger partial charge is 0.332 e. The van der Waals surface area contributed by atoms with Gasteiger partial charge in [-0.15, -0.1) is 0 Å². The summed E-state index contributed by atoms with van der Waals surface area (Å²) in [5, 5.41) is 0. The zero-order chi connectivity index (χ0) is 7.23. The topological polar surface area (TPSA) is 53.7 Å². The highest BCUT2D eigenvalue weighted by Gasteiger charge is 2.15. The summed E-state index contributed by atoms with van der Waals surface area (Å²) in [5.74, 6) is 0. The van der Waals surface area contributed by atoms with Crippen LogP contribution in [0.4, 0.5) is 0 Å². The van der Waals surface area contributed by atoms with Crippen molar-refractivity contribution in [2.45, 2.75) is 6.42 Å². The second kappa shape index (κ2) is 4.99. The Labute approximate surface area is 61.6 Å². The molecule has 0 aromatic carbocycles. The maximum Gasteiger partial charge on any atom is 0.332 e. The van der Waals surface area contributed by atoms with E-state index in [9.17, 15) is 0 Å². The summed E-state index contributed by atoms with van der Waals surface area (Å²) in [5.41, 5.74) is 5.22. The van der Waals surface area contributed by atoms with Crippen LogP contribution in [0.25, 0.3) is 0 Å². The van der Waals surface area contributed by atoms with Gasteiger partial charge >= 0.3 is 8.60 Å². The molecule has 0 amide bonds. The van der Waals surface area contributed by atoms with E-state index in [0.29, 0.717) is 13.2 Å². The predicted molar refractivity (Wildman–Crippen MR) is 38.4 cm³/mol. The molecule has 4 nitrogen and oxygen atoms in total. The molecule has 0 unspecified atom stereocenters. The second-order valence-electron chi connectivity index (χ2n) is 1.87. The molecule has 60 valence electrons. The van der Waals surface area contributed by atoms with E-state index in [1.807, 2.05) is 0 Å². The smallest absolute Gasteiger partial charge is 0.328 e. The fourth-order valence-corrected chi connectivity index (χ4v) is 1.61. The summed E-state index contributed by atoms with van der Waals surface area (Å²) >= 11 is 0. The highest BCUT2D eigenvalue weighted by Crippen LogP contribution is 2.41. The van der Waals surface area contributed by atoms with Crippen LogP contribution < -0.4 is 5.73 Å². The number of hydrogen-bond donors (Lipinski definition) is 1. The lowest BCUT2D eigenvalue weighted by Gasteiger charge is -2.20. The molecule has 0 aromatic rings. The van der Waals surface area contributed by atoms with Gasteiger partial charge in [0, 0.05) is 6.54 Å². The molecule has 0 atom stereocenters. The molecule has 1 heterocycles. The van der Waals surface area contributed by atoms with Crippen molar-refractivity contribution in [1.29, 1.82) is 0 Å². The van der Waals surface area contributed by atoms with Crippen LogP contribution >= 0.6 is 8.60 Å². The normalized spacial score (nSPS) is 21.3. The Morgan fingerprint density at radius 2 is 2.10 bits per heavy atom. The molecule has 1 fully saturated rings. The molecule has 0 saturated carbocycles. The zero-order valence-electron chi connectivity index (χ0n) is 5.78. The summed E-state index contributed by atoms with van der Waals surface area (Å²) in [6.07, 6.45) is 0.963. The van der Waals surface area contributed by atoms with Crippen LogP contribution in [-0.2, 0) is 13.6 Å². The fraction of sp³-hybridized carbons (Fsp3) is 1.00. The minimum absolute atomic E-state index is 0.519. The second-order valence-corrected chi connectivity index (χ2v) is 3.09. The van der Waals surface area contributed by atoms with Gasteiger partial charge in [0.25, 0.3) is 0 Å². The molecule has 2 N–H and O–H groups in total. The molecule has 1 aliphatic rings. The minimum Gasteiger partial charge on any atom is -0.328 e. The monoisotopic (exact) mass is 165 g/mol. The summed E-state index contributed by atoms with van der Waals surface area (Å²) in [6, 6.07) is 0. The van der Waals surface area contributed by atoms with Crippen molar-refractivity contribution in [3.63, 3.8) is 0 Å². The highest BCUT2D eigenvalue weighted by atomic mass is 31.2. The Kier molecular flexibility index (Phi) is 4.18. The van der Waals surface area contributed by atoms with Gasteiger partial charge in [-0.3, -0.25) is 0 Å². The SMILES string of the molecule is NCCOP1OCCCO1. The van der Waals surface area contributed by atoms with Gasteiger partial charge in [-0.1, -0.05) is 0 Å². The van der Waals surface area contributed by atoms with Gasteiger partial charge in [0.15, 0.2) is 0 Å². The van der Waals surface area contributed by atoms with Crippen molar-refractivity contribution in [2.75, 3.05) is 26.4 Å². The first kappa shape index (κ1) is 8.37. The first-order valence-corrected chi connectivity index (χ1v) is 4.42. The zero-order valence-corrected chi connectivity index (χ0v) is 6.68. The molecule has 0 bridgehead atoms. The van der Waals surface area contributed by atoms with E-state index in [2.05, 4.69) is 0 Å². The molecule has 0 radical (unpaired) electrons. The van der Waals surface area contributed by atoms with Crippen LogP contribution in [0.15, 0.2) is 0 Å². The van der Waals surface area contributed by atoms with Crippen molar-refractivity contribution >= 4 is 8.60 Å². The molecule has 1 aliphatic heterocycles. The summed E-state index contributed by atoms with van der Waals surface area (Å²) in [6.45, 7) is 2.53. The van der Waals surface area contributed by atoms with Crippen LogP contribution in [0.1, 0.15) is 6.42 Å². The van der Waals surface area contributed by atoms with E-state index >= 15 is 0 Å². The van der Waals surface area contributed by atoms with Gasteiger partial charge in [-0.25, -0.2) is 0 Å². The molecule has 0 spiro atoms. The summed E-state index contributed by atoms with van der Waals surface area (Å²) < 4.78 is 15.4. The minimum atomic E-state index is -1.06. The van der Waals surface area contributed by atoms with Crippen LogP contribution in [-0.4, -0.2) is 26.4 Å². The van der Waals surface area contributed by atoms with Crippen molar-refractivity contribution in [2.24, 2.45) is 5.73 Å². The van der Waals surface area contributed by atoms with E-state index < -0.39 is 8.60 Å². The number of rotatable bonds is 3. The number of hydrogen-bond acceptors (Lipinski definition) is 4. The Morgan fingerprint density at radius 3 is 2.70 bits per heavy atom. The first-order valence-electron chi connectivity index (χ1n) is 3.32. The predicted octanol–water partition coefficient (Wildman–Crippen LogP) is 0.625. The Balaban J connectivity index is 2.02. The maximum absolute atomic E-state index is 5.22. The third-order valence-corrected chi connectivity index (χ3v) is 2.18. The van der Waals surface area contributed by atoms with Crippen LogP contribution in [0, 0.1) is 0 Å². The van der Waals surface area contributed by atoms with Crippen LogP contribution in [0.5, 0.6) is 0 Å². The summed E-state index contributed by atoms with van der Waals surface area (Å²) in [4.78, 5) is 0. The van der Waals surface area contributed by atoms with Crippen molar-refractivity contribution < 1.29 is 13.6 Å². The van der Waals surface area contributed by atoms with Gasteiger partial charge in [0.1, 0.15) is 0 Å². The van der Waals surface area contributed by atoms with Crippen molar-refractivity contribution in [1.82, 2.24) is 0 Å². The van der Waals surface area contributed by atoms with E-state index in [1.54, 1.807) is 0 Å². The molecule has 5 heteroatoms. The van der Waals surface area contributed by atoms with E-state index in [0.717, 1.165) is 19.6 Å². The van der Waals surface area contributed by atoms with Gasteiger partial charge in [0.05, 0.1) is 19.8 Å². The number of nitrogens with two attached hydrogens (primary N) is 1. The Bertz CT molecular complexity index is 87.0. The molecular formula is C5H12NO3P. The standard InChI is InChI=1S/C5H12NO3P/c6-2-5-9-10-7-3-1-4-8-10/h1-6H2. The van der Waals surface area contributed by atoms with E-state index in [4.69, 9.17) is 19.3 Å². The lowest BCUT2D eigenvalue weighted by atomic mass is 10.5. The van der Waals surface area contributed by atoms with Crippen molar-refractivity contribution in [3.8, 4) is 0 Å². The van der Waals surface area contributed by atoms with E-state index in [-0.39, 0.29) is 0 Å². The van der Waals surface area contributed by atoms with E-state index in [1.165, 1.54) is 0 Å². The lowest BCUT2D eigenvalue weighted by Crippen LogP contribution is -2.11. The van der Waals surface area contributed by atoms with Gasteiger partial charge in [-0.05, 0) is 6.42 Å². The van der Waals surface area contributed by atoms with Gasteiger partial charge < -0.3 is 19.3 Å². The fourth-order valence-electron chi connectivity index (χ4n) is 0.576. The quantitative estimate of drug-likeness (QED) is 0.623. The lowest BCUT2D eigenvalue weighted by molar-refractivity contribution is 0.117. The average molecular weight is 165 g/mol. The van der Waals surface area contributed by atoms with Gasteiger partial charge in [-0.2, -0.15) is 0 Å². The molecule has 1 saturated heterocycles. The maximum atomic E-state index is 5.22. The van der Waals surface area contributed by atoms with Crippen molar-refractivity contribution in [3.05, 3.63) is 0 Å². The third kappa shape index (κ3) is 2.90. The average Bonchev–Trinajstić information content (AvgIpc) is 2.03. The molecule has 0 aliphatic carbocycles. The highest BCUT2D eigenvalue weighted by molar-refractivity contribution is 7.41. The molecule has 0 aromatic heterocycles. The first-order chi connectivity index (χ1) is 4.93. The van der Waals surface area contributed by atoms with Crippen LogP contribution in [0.3, 0.4) is 0 Å². The molecular weight excluding hydrogens is 153 g/mol. The summed E-state index contributed by atoms with van der Waals surface area (Å²) in [7, 11) is -1.06. The Hall–Kier alpha value is 0.270. The third-order valence-electron chi connectivity index (χ3n) is 0.997. The van der Waals surface area contributed by atoms with Gasteiger partial charge in [0.2, 0.25) is 0 Å². The van der Waals surface area contributed by atoms with Crippen LogP contribution in [0.2, 0.25) is 0 Å². The Morgan fingerprint density at radius 1 is 1.40 bits per heavy atom. The molecule has 1 rings (SSSR count). The molecule has 10 heavy (non-hydrogen) atoms.